The molecule has 0 saturated heterocycles. The van der Waals surface area contributed by atoms with E-state index in [1.54, 1.807) is 6.07 Å². The normalized spacial score (nSPS) is 10.3. The van der Waals surface area contributed by atoms with Gasteiger partial charge >= 0.3 is 0 Å². The Balaban J connectivity index is 2.33. The molecule has 1 rings (SSSR count). The van der Waals surface area contributed by atoms with Crippen LogP contribution in [0.15, 0.2) is 18.2 Å². The first-order chi connectivity index (χ1) is 7.24. The minimum absolute atomic E-state index is 0.510. The van der Waals surface area contributed by atoms with Gasteiger partial charge in [0, 0.05) is 10.9 Å². The topological polar surface area (TPSA) is 18.5 Å². The highest BCUT2D eigenvalue weighted by Gasteiger charge is 2.00. The number of hydrogen-bond donors (Lipinski definition) is 0. The van der Waals surface area contributed by atoms with Crippen molar-refractivity contribution in [1.29, 1.82) is 0 Å². The van der Waals surface area contributed by atoms with Crippen molar-refractivity contribution in [3.8, 4) is 5.75 Å². The molecular weight excluding hydrogens is 235 g/mol. The molecule has 2 nitrogen and oxygen atoms in total. The summed E-state index contributed by atoms with van der Waals surface area (Å²) < 4.78 is 10.7. The number of ether oxygens (including phenoxy) is 2. The van der Waals surface area contributed by atoms with E-state index < -0.39 is 0 Å². The summed E-state index contributed by atoms with van der Waals surface area (Å²) in [6.45, 7) is 3.58. The van der Waals surface area contributed by atoms with Crippen LogP contribution < -0.4 is 4.74 Å². The van der Waals surface area contributed by atoms with Crippen LogP contribution in [-0.4, -0.2) is 25.7 Å². The zero-order chi connectivity index (χ0) is 11.1. The smallest absolute Gasteiger partial charge is 0.123 e. The van der Waals surface area contributed by atoms with E-state index in [9.17, 15) is 0 Å². The van der Waals surface area contributed by atoms with E-state index in [2.05, 4.69) is 0 Å². The van der Waals surface area contributed by atoms with E-state index in [0.717, 1.165) is 11.3 Å². The van der Waals surface area contributed by atoms with Gasteiger partial charge < -0.3 is 9.47 Å². The molecule has 0 aliphatic heterocycles. The van der Waals surface area contributed by atoms with Crippen molar-refractivity contribution in [2.24, 2.45) is 0 Å². The van der Waals surface area contributed by atoms with Crippen LogP contribution in [0.25, 0.3) is 0 Å². The number of alkyl halides is 1. The second kappa shape index (κ2) is 6.94. The standard InChI is InChI=1S/C11H14Cl2O2/c1-9-2-3-10(13)8-11(9)15-7-6-14-5-4-12/h2-3,8H,4-7H2,1H3. The maximum Gasteiger partial charge on any atom is 0.123 e. The third-order valence-corrected chi connectivity index (χ3v) is 2.25. The van der Waals surface area contributed by atoms with Gasteiger partial charge in [-0.25, -0.2) is 0 Å². The summed E-state index contributed by atoms with van der Waals surface area (Å²) in [6.07, 6.45) is 0. The maximum absolute atomic E-state index is 5.85. The van der Waals surface area contributed by atoms with Gasteiger partial charge in [-0.15, -0.1) is 11.6 Å². The molecule has 1 aromatic rings. The minimum Gasteiger partial charge on any atom is -0.491 e. The van der Waals surface area contributed by atoms with E-state index in [-0.39, 0.29) is 0 Å². The molecule has 0 unspecified atom stereocenters. The molecule has 1 aromatic carbocycles. The van der Waals surface area contributed by atoms with Crippen molar-refractivity contribution in [3.63, 3.8) is 0 Å². The second-order valence-electron chi connectivity index (χ2n) is 3.06. The fraction of sp³-hybridized carbons (Fsp3) is 0.455. The lowest BCUT2D eigenvalue weighted by Gasteiger charge is -2.09. The van der Waals surface area contributed by atoms with Crippen molar-refractivity contribution >= 4 is 23.2 Å². The van der Waals surface area contributed by atoms with Crippen molar-refractivity contribution < 1.29 is 9.47 Å². The van der Waals surface area contributed by atoms with E-state index in [0.29, 0.717) is 30.7 Å². The van der Waals surface area contributed by atoms with E-state index in [1.165, 1.54) is 0 Å². The third kappa shape index (κ3) is 4.74. The van der Waals surface area contributed by atoms with Gasteiger partial charge in [-0.1, -0.05) is 17.7 Å². The van der Waals surface area contributed by atoms with Crippen molar-refractivity contribution in [1.82, 2.24) is 0 Å². The molecule has 0 saturated carbocycles. The van der Waals surface area contributed by atoms with Gasteiger partial charge in [0.15, 0.2) is 0 Å². The van der Waals surface area contributed by atoms with Crippen LogP contribution in [-0.2, 0) is 4.74 Å². The Morgan fingerprint density at radius 2 is 2.00 bits per heavy atom. The number of halogens is 2. The molecule has 84 valence electrons. The van der Waals surface area contributed by atoms with Gasteiger partial charge in [-0.3, -0.25) is 0 Å². The lowest BCUT2D eigenvalue weighted by molar-refractivity contribution is 0.111. The molecule has 0 aromatic heterocycles. The lowest BCUT2D eigenvalue weighted by Crippen LogP contribution is -2.08. The summed E-state index contributed by atoms with van der Waals surface area (Å²) in [7, 11) is 0. The van der Waals surface area contributed by atoms with Crippen LogP contribution in [0.5, 0.6) is 5.75 Å². The average Bonchev–Trinajstić information content (AvgIpc) is 2.23. The Kier molecular flexibility index (Phi) is 5.84. The SMILES string of the molecule is Cc1ccc(Cl)cc1OCCOCCCl. The summed E-state index contributed by atoms with van der Waals surface area (Å²) in [5, 5.41) is 0.678. The summed E-state index contributed by atoms with van der Waals surface area (Å²) in [4.78, 5) is 0. The average molecular weight is 249 g/mol. The van der Waals surface area contributed by atoms with Crippen LogP contribution in [0.1, 0.15) is 5.56 Å². The van der Waals surface area contributed by atoms with Crippen LogP contribution >= 0.6 is 23.2 Å². The maximum atomic E-state index is 5.85. The molecule has 0 fully saturated rings. The number of benzene rings is 1. The molecule has 0 bridgehead atoms. The van der Waals surface area contributed by atoms with Crippen molar-refractivity contribution in [2.45, 2.75) is 6.92 Å². The molecular formula is C11H14Cl2O2. The first-order valence-corrected chi connectivity index (χ1v) is 5.68. The molecule has 0 amide bonds. The van der Waals surface area contributed by atoms with Gasteiger partial charge in [-0.05, 0) is 24.6 Å². The van der Waals surface area contributed by atoms with Gasteiger partial charge in [-0.2, -0.15) is 0 Å². The largest absolute Gasteiger partial charge is 0.491 e. The molecule has 0 aliphatic carbocycles. The molecule has 0 atom stereocenters. The second-order valence-corrected chi connectivity index (χ2v) is 3.87. The predicted octanol–water partition coefficient (Wildman–Crippen LogP) is 3.28. The first kappa shape index (κ1) is 12.6. The summed E-state index contributed by atoms with van der Waals surface area (Å²) >= 11 is 11.3. The van der Waals surface area contributed by atoms with Gasteiger partial charge in [0.2, 0.25) is 0 Å². The highest BCUT2D eigenvalue weighted by atomic mass is 35.5. The van der Waals surface area contributed by atoms with Crippen LogP contribution in [0.3, 0.4) is 0 Å². The molecule has 4 heteroatoms. The molecule has 0 radical (unpaired) electrons. The fourth-order valence-electron chi connectivity index (χ4n) is 1.10. The Morgan fingerprint density at radius 1 is 1.20 bits per heavy atom. The van der Waals surface area contributed by atoms with E-state index in [1.807, 2.05) is 19.1 Å². The molecule has 0 aliphatic rings. The Labute approximate surface area is 100 Å². The number of aryl methyl sites for hydroxylation is 1. The van der Waals surface area contributed by atoms with Crippen LogP contribution in [0, 0.1) is 6.92 Å². The summed E-state index contributed by atoms with van der Waals surface area (Å²) in [5.41, 5.74) is 1.07. The van der Waals surface area contributed by atoms with E-state index >= 15 is 0 Å². The van der Waals surface area contributed by atoms with Crippen molar-refractivity contribution in [3.05, 3.63) is 28.8 Å². The quantitative estimate of drug-likeness (QED) is 0.569. The molecule has 0 spiro atoms. The number of hydrogen-bond acceptors (Lipinski definition) is 2. The highest BCUT2D eigenvalue weighted by Crippen LogP contribution is 2.22. The zero-order valence-corrected chi connectivity index (χ0v) is 10.1. The van der Waals surface area contributed by atoms with Crippen LogP contribution in [0.2, 0.25) is 5.02 Å². The van der Waals surface area contributed by atoms with Gasteiger partial charge in [0.05, 0.1) is 13.2 Å². The van der Waals surface area contributed by atoms with Crippen LogP contribution in [0.4, 0.5) is 0 Å². The highest BCUT2D eigenvalue weighted by molar-refractivity contribution is 6.30. The number of rotatable bonds is 6. The molecule has 0 N–H and O–H groups in total. The third-order valence-electron chi connectivity index (χ3n) is 1.86. The lowest BCUT2D eigenvalue weighted by atomic mass is 10.2. The monoisotopic (exact) mass is 248 g/mol. The summed E-state index contributed by atoms with van der Waals surface area (Å²) in [5.74, 6) is 1.31. The predicted molar refractivity (Wildman–Crippen MR) is 63.2 cm³/mol. The van der Waals surface area contributed by atoms with Gasteiger partial charge in [0.25, 0.3) is 0 Å². The zero-order valence-electron chi connectivity index (χ0n) is 8.63. The summed E-state index contributed by atoms with van der Waals surface area (Å²) in [6, 6.07) is 5.57. The Morgan fingerprint density at radius 3 is 2.73 bits per heavy atom. The van der Waals surface area contributed by atoms with Gasteiger partial charge in [0.1, 0.15) is 12.4 Å². The molecule has 0 heterocycles. The fourth-order valence-corrected chi connectivity index (χ4v) is 1.37. The first-order valence-electron chi connectivity index (χ1n) is 4.76. The Bertz CT molecular complexity index is 303. The minimum atomic E-state index is 0.510. The van der Waals surface area contributed by atoms with Crippen molar-refractivity contribution in [2.75, 3.05) is 25.7 Å². The molecule has 15 heavy (non-hydrogen) atoms. The Hall–Kier alpha value is -0.440. The van der Waals surface area contributed by atoms with E-state index in [4.69, 9.17) is 32.7 Å².